The number of aromatic hydroxyl groups is 1. The molecule has 0 bridgehead atoms. The highest BCUT2D eigenvalue weighted by Crippen LogP contribution is 2.34. The van der Waals surface area contributed by atoms with Gasteiger partial charge in [0, 0.05) is 0 Å². The number of hydrogen-bond acceptors (Lipinski definition) is 5. The first kappa shape index (κ1) is 19.0. The average Bonchev–Trinajstić information content (AvgIpc) is 2.77. The van der Waals surface area contributed by atoms with Gasteiger partial charge in [0.25, 0.3) is 0 Å². The number of nitrogens with one attached hydrogen (secondary N) is 1. The molecule has 2 atom stereocenters. The topological polar surface area (TPSA) is 73.3 Å². The third-order valence-corrected chi connectivity index (χ3v) is 6.36. The van der Waals surface area contributed by atoms with Crippen molar-refractivity contribution in [2.75, 3.05) is 19.8 Å². The molecule has 0 aliphatic carbocycles. The molecule has 156 valence electrons. The van der Waals surface area contributed by atoms with Crippen molar-refractivity contribution in [2.24, 2.45) is 0 Å². The number of rotatable bonds is 3. The first-order valence-electron chi connectivity index (χ1n) is 10.6. The lowest BCUT2D eigenvalue weighted by molar-refractivity contribution is -0.941. The zero-order chi connectivity index (χ0) is 20.7. The standard InChI is InChI=1S/C24H25NO5/c1-15-4-2-3-9-25(15)13-18-20(26)7-6-17-23(27)19(14-30-24(17)18)16-5-8-21-22(12-16)29-11-10-28-21/h5-8,12,14-15,26H,2-4,9-11,13H2,1H3/p+1/t15-/m0/s1. The monoisotopic (exact) mass is 408 g/mol. The van der Waals surface area contributed by atoms with Crippen LogP contribution in [0.3, 0.4) is 0 Å². The van der Waals surface area contributed by atoms with Crippen LogP contribution in [0.4, 0.5) is 0 Å². The van der Waals surface area contributed by atoms with Crippen LogP contribution in [0.5, 0.6) is 17.2 Å². The predicted molar refractivity (Wildman–Crippen MR) is 113 cm³/mol. The van der Waals surface area contributed by atoms with Crippen molar-refractivity contribution in [1.82, 2.24) is 0 Å². The lowest BCUT2D eigenvalue weighted by atomic mass is 10.0. The Bertz CT molecular complexity index is 1150. The minimum absolute atomic E-state index is 0.115. The van der Waals surface area contributed by atoms with Gasteiger partial charge in [0.05, 0.1) is 29.1 Å². The summed E-state index contributed by atoms with van der Waals surface area (Å²) in [6.45, 7) is 4.97. The average molecular weight is 408 g/mol. The summed E-state index contributed by atoms with van der Waals surface area (Å²) >= 11 is 0. The quantitative estimate of drug-likeness (QED) is 0.697. The SMILES string of the molecule is C[C@H]1CCCC[NH+]1Cc1c(O)ccc2c(=O)c(-c3ccc4c(c3)OCCO4)coc12. The summed E-state index contributed by atoms with van der Waals surface area (Å²) in [5.74, 6) is 1.50. The molecule has 0 saturated carbocycles. The molecule has 5 rings (SSSR count). The number of ether oxygens (including phenoxy) is 2. The van der Waals surface area contributed by atoms with Crippen molar-refractivity contribution >= 4 is 11.0 Å². The van der Waals surface area contributed by atoms with Crippen molar-refractivity contribution < 1.29 is 23.9 Å². The Morgan fingerprint density at radius 1 is 1.10 bits per heavy atom. The fourth-order valence-corrected chi connectivity index (χ4v) is 4.57. The fourth-order valence-electron chi connectivity index (χ4n) is 4.57. The maximum absolute atomic E-state index is 13.3. The Balaban J connectivity index is 1.57. The number of likely N-dealkylation sites (tertiary alicyclic amines) is 1. The van der Waals surface area contributed by atoms with Crippen molar-refractivity contribution in [3.8, 4) is 28.4 Å². The third-order valence-electron chi connectivity index (χ3n) is 6.36. The van der Waals surface area contributed by atoms with Crippen molar-refractivity contribution in [3.63, 3.8) is 0 Å². The minimum Gasteiger partial charge on any atom is -0.507 e. The van der Waals surface area contributed by atoms with Crippen LogP contribution in [0.25, 0.3) is 22.1 Å². The van der Waals surface area contributed by atoms with E-state index in [4.69, 9.17) is 13.9 Å². The highest BCUT2D eigenvalue weighted by Gasteiger charge is 2.25. The van der Waals surface area contributed by atoms with Gasteiger partial charge in [-0.15, -0.1) is 0 Å². The lowest BCUT2D eigenvalue weighted by Crippen LogP contribution is -3.14. The summed E-state index contributed by atoms with van der Waals surface area (Å²) in [6.07, 6.45) is 5.11. The molecule has 0 amide bonds. The number of phenolic OH excluding ortho intramolecular Hbond substituents is 1. The van der Waals surface area contributed by atoms with Crippen molar-refractivity contribution in [2.45, 2.75) is 38.8 Å². The van der Waals surface area contributed by atoms with Crippen LogP contribution >= 0.6 is 0 Å². The summed E-state index contributed by atoms with van der Waals surface area (Å²) in [6, 6.07) is 9.25. The molecule has 0 radical (unpaired) electrons. The van der Waals surface area contributed by atoms with Gasteiger partial charge in [-0.25, -0.2) is 0 Å². The molecule has 0 spiro atoms. The zero-order valence-corrected chi connectivity index (χ0v) is 17.1. The highest BCUT2D eigenvalue weighted by molar-refractivity contribution is 5.85. The van der Waals surface area contributed by atoms with Gasteiger partial charge in [-0.2, -0.15) is 0 Å². The normalized spacial score (nSPS) is 21.0. The number of fused-ring (bicyclic) bond motifs is 2. The smallest absolute Gasteiger partial charge is 0.200 e. The number of piperidine rings is 1. The largest absolute Gasteiger partial charge is 0.507 e. The minimum atomic E-state index is -0.115. The van der Waals surface area contributed by atoms with E-state index in [-0.39, 0.29) is 11.2 Å². The summed E-state index contributed by atoms with van der Waals surface area (Å²) in [5, 5.41) is 11.0. The van der Waals surface area contributed by atoms with E-state index in [1.165, 1.54) is 30.4 Å². The Morgan fingerprint density at radius 2 is 1.93 bits per heavy atom. The lowest BCUT2D eigenvalue weighted by Gasteiger charge is -2.30. The van der Waals surface area contributed by atoms with Gasteiger partial charge in [-0.1, -0.05) is 6.07 Å². The van der Waals surface area contributed by atoms with E-state index < -0.39 is 0 Å². The number of hydrogen-bond donors (Lipinski definition) is 2. The third kappa shape index (κ3) is 3.31. The molecular formula is C24H26NO5+. The van der Waals surface area contributed by atoms with Gasteiger partial charge in [0.2, 0.25) is 5.43 Å². The van der Waals surface area contributed by atoms with Gasteiger partial charge in [-0.05, 0) is 56.0 Å². The molecule has 2 N–H and O–H groups in total. The van der Waals surface area contributed by atoms with E-state index in [1.807, 2.05) is 18.2 Å². The number of benzene rings is 2. The summed E-state index contributed by atoms with van der Waals surface area (Å²) in [7, 11) is 0. The van der Waals surface area contributed by atoms with E-state index in [0.29, 0.717) is 59.4 Å². The summed E-state index contributed by atoms with van der Waals surface area (Å²) in [4.78, 5) is 14.7. The molecule has 3 heterocycles. The van der Waals surface area contributed by atoms with Gasteiger partial charge in [0.15, 0.2) is 11.5 Å². The zero-order valence-electron chi connectivity index (χ0n) is 17.1. The van der Waals surface area contributed by atoms with Gasteiger partial charge >= 0.3 is 0 Å². The summed E-state index contributed by atoms with van der Waals surface area (Å²) < 4.78 is 17.2. The van der Waals surface area contributed by atoms with Crippen LogP contribution in [-0.2, 0) is 6.54 Å². The Labute approximate surface area is 174 Å². The molecule has 6 nitrogen and oxygen atoms in total. The molecule has 2 aliphatic heterocycles. The van der Waals surface area contributed by atoms with Gasteiger partial charge in [0.1, 0.15) is 37.4 Å². The molecule has 1 aromatic heterocycles. The second kappa shape index (κ2) is 7.69. The van der Waals surface area contributed by atoms with Crippen LogP contribution in [-0.4, -0.2) is 30.9 Å². The fraction of sp³-hybridized carbons (Fsp3) is 0.375. The van der Waals surface area contributed by atoms with Gasteiger partial charge in [-0.3, -0.25) is 4.79 Å². The Hall–Kier alpha value is -2.99. The molecule has 1 fully saturated rings. The molecule has 3 aromatic rings. The van der Waals surface area contributed by atoms with E-state index in [1.54, 1.807) is 12.1 Å². The molecule has 30 heavy (non-hydrogen) atoms. The molecule has 1 unspecified atom stereocenters. The molecule has 6 heteroatoms. The van der Waals surface area contributed by atoms with E-state index in [2.05, 4.69) is 6.92 Å². The number of phenols is 1. The maximum atomic E-state index is 13.3. The first-order valence-corrected chi connectivity index (χ1v) is 10.6. The Kier molecular flexibility index (Phi) is 4.87. The maximum Gasteiger partial charge on any atom is 0.200 e. The second-order valence-electron chi connectivity index (χ2n) is 8.26. The van der Waals surface area contributed by atoms with E-state index in [0.717, 1.165) is 12.1 Å². The Morgan fingerprint density at radius 3 is 2.77 bits per heavy atom. The molecule has 2 aliphatic rings. The molecule has 2 aromatic carbocycles. The summed E-state index contributed by atoms with van der Waals surface area (Å²) in [5.41, 5.74) is 2.26. The van der Waals surface area contributed by atoms with Crippen molar-refractivity contribution in [1.29, 1.82) is 0 Å². The van der Waals surface area contributed by atoms with Crippen LogP contribution < -0.4 is 19.8 Å². The van der Waals surface area contributed by atoms with Crippen LogP contribution in [0.2, 0.25) is 0 Å². The first-order chi connectivity index (χ1) is 14.6. The second-order valence-corrected chi connectivity index (χ2v) is 8.26. The van der Waals surface area contributed by atoms with E-state index in [9.17, 15) is 9.90 Å². The molecular weight excluding hydrogens is 382 g/mol. The van der Waals surface area contributed by atoms with Gasteiger partial charge < -0.3 is 23.9 Å². The molecule has 1 saturated heterocycles. The van der Waals surface area contributed by atoms with Crippen LogP contribution in [0.1, 0.15) is 31.7 Å². The van der Waals surface area contributed by atoms with Crippen LogP contribution in [0, 0.1) is 0 Å². The highest BCUT2D eigenvalue weighted by atomic mass is 16.6. The predicted octanol–water partition coefficient (Wildman–Crippen LogP) is 2.89. The van der Waals surface area contributed by atoms with Crippen molar-refractivity contribution in [3.05, 3.63) is 52.4 Å². The number of quaternary nitrogens is 1. The van der Waals surface area contributed by atoms with E-state index >= 15 is 0 Å². The van der Waals surface area contributed by atoms with Crippen LogP contribution in [0.15, 0.2) is 45.8 Å².